The minimum Gasteiger partial charge on any atom is -0.488 e. The lowest BCUT2D eigenvalue weighted by atomic mass is 9.90. The summed E-state index contributed by atoms with van der Waals surface area (Å²) in [7, 11) is 0. The van der Waals surface area contributed by atoms with Crippen LogP contribution in [0.4, 0.5) is 0 Å². The Morgan fingerprint density at radius 3 is 2.61 bits per heavy atom. The lowest BCUT2D eigenvalue weighted by Crippen LogP contribution is -2.38. The lowest BCUT2D eigenvalue weighted by Gasteiger charge is -2.34. The van der Waals surface area contributed by atoms with Crippen LogP contribution in [0.25, 0.3) is 21.5 Å². The Kier molecular flexibility index (Phi) is 8.28. The van der Waals surface area contributed by atoms with Crippen molar-refractivity contribution >= 4 is 39.6 Å². The zero-order valence-corrected chi connectivity index (χ0v) is 25.0. The molecule has 0 unspecified atom stereocenters. The molecule has 6 nitrogen and oxygen atoms in total. The highest BCUT2D eigenvalue weighted by Gasteiger charge is 2.26. The second-order valence-electron chi connectivity index (χ2n) is 11.1. The van der Waals surface area contributed by atoms with Gasteiger partial charge in [0.1, 0.15) is 18.1 Å². The first kappa shape index (κ1) is 27.8. The predicted molar refractivity (Wildman–Crippen MR) is 165 cm³/mol. The van der Waals surface area contributed by atoms with Crippen LogP contribution < -0.4 is 4.74 Å². The molecule has 41 heavy (non-hydrogen) atoms. The zero-order valence-electron chi connectivity index (χ0n) is 23.4. The number of hydrogen-bond acceptors (Lipinski definition) is 6. The summed E-state index contributed by atoms with van der Waals surface area (Å²) in [5, 5.41) is 5.27. The maximum absolute atomic E-state index is 13.9. The van der Waals surface area contributed by atoms with Crippen LogP contribution in [0.3, 0.4) is 0 Å². The molecule has 1 fully saturated rings. The fourth-order valence-corrected chi connectivity index (χ4v) is 6.66. The van der Waals surface area contributed by atoms with Crippen LogP contribution in [-0.2, 0) is 13.2 Å². The van der Waals surface area contributed by atoms with E-state index < -0.39 is 0 Å². The van der Waals surface area contributed by atoms with Crippen LogP contribution in [0.15, 0.2) is 77.3 Å². The first-order valence-corrected chi connectivity index (χ1v) is 15.4. The summed E-state index contributed by atoms with van der Waals surface area (Å²) in [6.07, 6.45) is 2.64. The normalized spacial score (nSPS) is 14.7. The molecule has 1 aliphatic heterocycles. The number of ether oxygens (including phenoxy) is 1. The van der Waals surface area contributed by atoms with E-state index in [4.69, 9.17) is 20.9 Å². The molecule has 212 valence electrons. The highest BCUT2D eigenvalue weighted by molar-refractivity contribution is 7.19. The number of rotatable bonds is 10. The third kappa shape index (κ3) is 6.27. The Balaban J connectivity index is 1.30. The first-order valence-electron chi connectivity index (χ1n) is 14.2. The average Bonchev–Trinajstić information content (AvgIpc) is 3.72. The van der Waals surface area contributed by atoms with Crippen LogP contribution in [0, 0.1) is 5.92 Å². The molecule has 1 saturated heterocycles. The average molecular weight is 588 g/mol. The van der Waals surface area contributed by atoms with Gasteiger partial charge in [0, 0.05) is 23.9 Å². The number of aromatic nitrogens is 2. The van der Waals surface area contributed by atoms with Gasteiger partial charge in [0.25, 0.3) is 0 Å². The monoisotopic (exact) mass is 587 g/mol. The molecule has 0 N–H and O–H groups in total. The SMILES string of the molecule is CC(C)N1CCC(CC(=O)c2cc3c(OCc4ccccc4)cccc3n2Cc2cc(-c3ccc(Cl)s3)on2)CC1. The van der Waals surface area contributed by atoms with Crippen molar-refractivity contribution < 1.29 is 14.1 Å². The fourth-order valence-electron chi connectivity index (χ4n) is 5.67. The Labute approximate surface area is 249 Å². The van der Waals surface area contributed by atoms with E-state index in [-0.39, 0.29) is 5.78 Å². The molecule has 0 saturated carbocycles. The Morgan fingerprint density at radius 2 is 1.88 bits per heavy atom. The van der Waals surface area contributed by atoms with E-state index in [1.54, 1.807) is 0 Å². The van der Waals surface area contributed by atoms with Gasteiger partial charge in [-0.25, -0.2) is 0 Å². The van der Waals surface area contributed by atoms with Gasteiger partial charge in [-0.3, -0.25) is 4.79 Å². The van der Waals surface area contributed by atoms with Crippen LogP contribution in [0.1, 0.15) is 54.9 Å². The number of thiophene rings is 1. The number of benzene rings is 2. The minimum absolute atomic E-state index is 0.159. The van der Waals surface area contributed by atoms with Crippen LogP contribution in [0.5, 0.6) is 5.75 Å². The highest BCUT2D eigenvalue weighted by Crippen LogP contribution is 2.34. The smallest absolute Gasteiger partial charge is 0.179 e. The van der Waals surface area contributed by atoms with Gasteiger partial charge >= 0.3 is 0 Å². The molecule has 0 atom stereocenters. The summed E-state index contributed by atoms with van der Waals surface area (Å²) in [6.45, 7) is 7.45. The van der Waals surface area contributed by atoms with Gasteiger partial charge in [-0.05, 0) is 81.6 Å². The second kappa shape index (κ2) is 12.2. The van der Waals surface area contributed by atoms with Gasteiger partial charge in [-0.2, -0.15) is 0 Å². The number of nitrogens with zero attached hydrogens (tertiary/aromatic N) is 3. The summed E-state index contributed by atoms with van der Waals surface area (Å²) < 4.78 is 14.7. The van der Waals surface area contributed by atoms with E-state index in [9.17, 15) is 4.79 Å². The molecule has 0 bridgehead atoms. The Hall–Kier alpha value is -3.39. The summed E-state index contributed by atoms with van der Waals surface area (Å²) in [6, 6.07) is 24.4. The topological polar surface area (TPSA) is 60.5 Å². The van der Waals surface area contributed by atoms with Crippen LogP contribution in [0.2, 0.25) is 4.34 Å². The number of hydrogen-bond donors (Lipinski definition) is 0. The molecule has 0 radical (unpaired) electrons. The summed E-state index contributed by atoms with van der Waals surface area (Å²) >= 11 is 7.59. The van der Waals surface area contributed by atoms with Gasteiger partial charge < -0.3 is 18.7 Å². The minimum atomic E-state index is 0.159. The summed E-state index contributed by atoms with van der Waals surface area (Å²) in [5.74, 6) is 1.98. The number of ketones is 1. The molecule has 2 aromatic carbocycles. The zero-order chi connectivity index (χ0) is 28.3. The molecule has 1 aliphatic rings. The van der Waals surface area contributed by atoms with Crippen LogP contribution >= 0.6 is 22.9 Å². The number of carbonyl (C=O) groups is 1. The number of Topliss-reactive ketones (excluding diaryl/α,β-unsaturated/α-hetero) is 1. The fraction of sp³-hybridized carbons (Fsp3) is 0.333. The summed E-state index contributed by atoms with van der Waals surface area (Å²) in [5.41, 5.74) is 3.47. The molecule has 5 aromatic rings. The van der Waals surface area contributed by atoms with Gasteiger partial charge in [-0.15, -0.1) is 11.3 Å². The van der Waals surface area contributed by atoms with E-state index >= 15 is 0 Å². The number of likely N-dealkylation sites (tertiary alicyclic amines) is 1. The van der Waals surface area contributed by atoms with Gasteiger partial charge in [-0.1, -0.05) is 53.2 Å². The molecule has 6 rings (SSSR count). The Morgan fingerprint density at radius 1 is 1.07 bits per heavy atom. The highest BCUT2D eigenvalue weighted by atomic mass is 35.5. The van der Waals surface area contributed by atoms with E-state index in [0.717, 1.165) is 58.7 Å². The van der Waals surface area contributed by atoms with Crippen molar-refractivity contribution in [1.82, 2.24) is 14.6 Å². The van der Waals surface area contributed by atoms with E-state index in [2.05, 4.69) is 28.5 Å². The molecule has 0 amide bonds. The van der Waals surface area contributed by atoms with Crippen molar-refractivity contribution in [3.63, 3.8) is 0 Å². The van der Waals surface area contributed by atoms with Crippen molar-refractivity contribution in [3.05, 3.63) is 94.1 Å². The van der Waals surface area contributed by atoms with Crippen molar-refractivity contribution in [1.29, 1.82) is 0 Å². The molecule has 4 heterocycles. The van der Waals surface area contributed by atoms with Gasteiger partial charge in [0.15, 0.2) is 11.5 Å². The number of piperidine rings is 1. The van der Waals surface area contributed by atoms with Gasteiger partial charge in [0.05, 0.1) is 27.0 Å². The third-order valence-electron chi connectivity index (χ3n) is 7.98. The quantitative estimate of drug-likeness (QED) is 0.154. The summed E-state index contributed by atoms with van der Waals surface area (Å²) in [4.78, 5) is 17.3. The van der Waals surface area contributed by atoms with Crippen molar-refractivity contribution in [3.8, 4) is 16.4 Å². The first-order chi connectivity index (χ1) is 19.9. The van der Waals surface area contributed by atoms with Crippen molar-refractivity contribution in [2.75, 3.05) is 13.1 Å². The second-order valence-corrected chi connectivity index (χ2v) is 12.8. The maximum Gasteiger partial charge on any atom is 0.179 e. The third-order valence-corrected chi connectivity index (χ3v) is 9.22. The van der Waals surface area contributed by atoms with Crippen molar-refractivity contribution in [2.24, 2.45) is 5.92 Å². The number of carbonyl (C=O) groups excluding carboxylic acids is 1. The molecule has 3 aromatic heterocycles. The largest absolute Gasteiger partial charge is 0.488 e. The Bertz CT molecular complexity index is 1630. The predicted octanol–water partition coefficient (Wildman–Crippen LogP) is 8.33. The standard InChI is InChI=1S/C33H34ClN3O3S/c1-22(2)36-15-13-23(14-16-36)17-29(38)28-19-26-27(9-6-10-30(26)39-21-24-7-4-3-5-8-24)37(28)20-25-18-31(40-35-25)32-11-12-33(34)41-32/h3-12,18-19,22-23H,13-17,20-21H2,1-2H3. The lowest BCUT2D eigenvalue weighted by molar-refractivity contribution is 0.0904. The maximum atomic E-state index is 13.9. The molecule has 0 aliphatic carbocycles. The van der Waals surface area contributed by atoms with E-state index in [0.29, 0.717) is 47.3 Å². The van der Waals surface area contributed by atoms with Crippen molar-refractivity contribution in [2.45, 2.75) is 52.3 Å². The molecule has 0 spiro atoms. The van der Waals surface area contributed by atoms with Crippen LogP contribution in [-0.4, -0.2) is 39.5 Å². The molecule has 8 heteroatoms. The molecular weight excluding hydrogens is 554 g/mol. The van der Waals surface area contributed by atoms with E-state index in [1.807, 2.05) is 72.8 Å². The van der Waals surface area contributed by atoms with E-state index in [1.165, 1.54) is 11.3 Å². The molecular formula is C33H34ClN3O3S. The number of fused-ring (bicyclic) bond motifs is 1. The van der Waals surface area contributed by atoms with Gasteiger partial charge in [0.2, 0.25) is 0 Å². The number of halogens is 1.